The van der Waals surface area contributed by atoms with E-state index in [0.29, 0.717) is 23.2 Å². The highest BCUT2D eigenvalue weighted by Crippen LogP contribution is 2.31. The van der Waals surface area contributed by atoms with E-state index >= 15 is 0 Å². The molecule has 2 aromatic heterocycles. The molecule has 2 aromatic carbocycles. The van der Waals surface area contributed by atoms with Crippen molar-refractivity contribution in [1.29, 1.82) is 0 Å². The number of ether oxygens (including phenoxy) is 1. The molecule has 1 amide bonds. The molecule has 7 nitrogen and oxygen atoms in total. The molecule has 1 unspecified atom stereocenters. The quantitative estimate of drug-likeness (QED) is 0.318. The molecule has 4 rings (SSSR count). The van der Waals surface area contributed by atoms with E-state index in [1.807, 2.05) is 31.2 Å². The Bertz CT molecular complexity index is 1390. The second kappa shape index (κ2) is 10.0. The van der Waals surface area contributed by atoms with Crippen LogP contribution in [0.15, 0.2) is 54.9 Å². The second-order valence-corrected chi connectivity index (χ2v) is 8.75. The molecule has 2 heterocycles. The normalized spacial score (nSPS) is 11.9. The van der Waals surface area contributed by atoms with Gasteiger partial charge in [-0.3, -0.25) is 4.79 Å². The second-order valence-electron chi connectivity index (χ2n) is 7.44. The van der Waals surface area contributed by atoms with E-state index in [9.17, 15) is 17.8 Å². The Kier molecular flexibility index (Phi) is 6.87. The highest BCUT2D eigenvalue weighted by Gasteiger charge is 2.22. The number of methoxy groups -OCH3 is 1. The summed E-state index contributed by atoms with van der Waals surface area (Å²) in [6, 6.07) is 11.2. The summed E-state index contributed by atoms with van der Waals surface area (Å²) in [6.07, 6.45) is 3.78. The lowest BCUT2D eigenvalue weighted by molar-refractivity contribution is 0.101. The molecule has 34 heavy (non-hydrogen) atoms. The highest BCUT2D eigenvalue weighted by atomic mass is 32.2. The van der Waals surface area contributed by atoms with Crippen molar-refractivity contribution in [2.24, 2.45) is 0 Å². The van der Waals surface area contributed by atoms with Crippen molar-refractivity contribution in [3.63, 3.8) is 0 Å². The number of nitrogens with zero attached hydrogens (tertiary/aromatic N) is 1. The third-order valence-corrected chi connectivity index (χ3v) is 6.33. The van der Waals surface area contributed by atoms with Crippen LogP contribution in [0, 0.1) is 11.6 Å². The number of amides is 1. The van der Waals surface area contributed by atoms with E-state index < -0.39 is 34.1 Å². The molecule has 0 aliphatic rings. The summed E-state index contributed by atoms with van der Waals surface area (Å²) in [5.74, 6) is -2.16. The number of carbonyl (C=O) groups is 1. The number of aromatic nitrogens is 2. The number of fused-ring (bicyclic) bond motifs is 1. The van der Waals surface area contributed by atoms with Crippen LogP contribution in [0.3, 0.4) is 0 Å². The molecule has 0 saturated carbocycles. The Morgan fingerprint density at radius 1 is 1.21 bits per heavy atom. The first-order chi connectivity index (χ1) is 16.4. The molecule has 0 radical (unpaired) electrons. The monoisotopic (exact) mass is 484 g/mol. The highest BCUT2D eigenvalue weighted by molar-refractivity contribution is 7.86. The zero-order valence-electron chi connectivity index (χ0n) is 18.4. The van der Waals surface area contributed by atoms with Gasteiger partial charge in [0.15, 0.2) is 5.82 Å². The Hall–Kier alpha value is -3.79. The van der Waals surface area contributed by atoms with Crippen molar-refractivity contribution in [1.82, 2.24) is 9.97 Å². The number of H-pyrrole nitrogens is 1. The summed E-state index contributed by atoms with van der Waals surface area (Å²) in [4.78, 5) is 20.2. The van der Waals surface area contributed by atoms with E-state index in [4.69, 9.17) is 4.74 Å². The van der Waals surface area contributed by atoms with Crippen molar-refractivity contribution in [2.45, 2.75) is 13.3 Å². The van der Waals surface area contributed by atoms with Crippen LogP contribution in [0.25, 0.3) is 22.2 Å². The number of hydrogen-bond donors (Lipinski definition) is 3. The topological polar surface area (TPSA) is 96.1 Å². The maximum atomic E-state index is 14.9. The lowest BCUT2D eigenvalue weighted by atomic mass is 10.1. The van der Waals surface area contributed by atoms with Gasteiger partial charge in [-0.15, -0.1) is 0 Å². The van der Waals surface area contributed by atoms with Crippen LogP contribution in [0.4, 0.5) is 20.2 Å². The van der Waals surface area contributed by atoms with Crippen molar-refractivity contribution in [3.05, 3.63) is 72.1 Å². The molecule has 176 valence electrons. The number of nitrogens with one attached hydrogen (secondary N) is 3. The molecule has 1 atom stereocenters. The number of pyridine rings is 1. The van der Waals surface area contributed by atoms with Gasteiger partial charge in [0.25, 0.3) is 5.91 Å². The maximum Gasteiger partial charge on any atom is 0.261 e. The molecule has 0 spiro atoms. The van der Waals surface area contributed by atoms with Gasteiger partial charge in [0.05, 0.1) is 24.7 Å². The first-order valence-corrected chi connectivity index (χ1v) is 11.8. The predicted octanol–water partition coefficient (Wildman–Crippen LogP) is 5.25. The molecule has 0 aliphatic carbocycles. The van der Waals surface area contributed by atoms with Crippen molar-refractivity contribution < 1.29 is 22.5 Å². The number of benzene rings is 2. The average molecular weight is 485 g/mol. The molecular weight excluding hydrogens is 462 g/mol. The van der Waals surface area contributed by atoms with Crippen LogP contribution in [0.5, 0.6) is 5.75 Å². The molecule has 0 fully saturated rings. The average Bonchev–Trinajstić information content (AvgIpc) is 3.24. The smallest absolute Gasteiger partial charge is 0.261 e. The van der Waals surface area contributed by atoms with Crippen LogP contribution in [0.2, 0.25) is 0 Å². The summed E-state index contributed by atoms with van der Waals surface area (Å²) in [5, 5.41) is 3.21. The van der Waals surface area contributed by atoms with Gasteiger partial charge in [0.1, 0.15) is 33.8 Å². The van der Waals surface area contributed by atoms with Crippen LogP contribution >= 0.6 is 0 Å². The van der Waals surface area contributed by atoms with Gasteiger partial charge < -0.3 is 19.8 Å². The van der Waals surface area contributed by atoms with Gasteiger partial charge in [-0.05, 0) is 42.3 Å². The summed E-state index contributed by atoms with van der Waals surface area (Å²) in [6.45, 7) is 1.83. The third kappa shape index (κ3) is 4.76. The Morgan fingerprint density at radius 3 is 2.79 bits per heavy atom. The Labute approximate surface area is 197 Å². The van der Waals surface area contributed by atoms with Crippen molar-refractivity contribution >= 4 is 39.3 Å². The van der Waals surface area contributed by atoms with Gasteiger partial charge in [-0.25, -0.2) is 18.0 Å². The zero-order chi connectivity index (χ0) is 24.2. The SMILES string of the molecule is CCCS(=O)Nc1ccc(F)c(C(=O)Nc2cnc3[nH]cc(-c4cccc(OC)c4)c3c2)c1F. The minimum atomic E-state index is -1.55. The van der Waals surface area contributed by atoms with Crippen LogP contribution in [-0.2, 0) is 11.0 Å². The standard InChI is InChI=1S/C24H22F2N4O3S/c1-3-9-34(32)30-20-8-7-19(25)21(22(20)26)24(31)29-15-11-17-18(13-28-23(17)27-12-15)14-5-4-6-16(10-14)33-2/h4-8,10-13,30H,3,9H2,1-2H3,(H,27,28)(H,29,31). The molecule has 0 saturated heterocycles. The fourth-order valence-corrected chi connectivity index (χ4v) is 4.37. The zero-order valence-corrected chi connectivity index (χ0v) is 19.3. The minimum absolute atomic E-state index is 0.210. The number of hydrogen-bond acceptors (Lipinski definition) is 4. The summed E-state index contributed by atoms with van der Waals surface area (Å²) >= 11 is 0. The van der Waals surface area contributed by atoms with Crippen LogP contribution in [-0.4, -0.2) is 32.9 Å². The number of anilines is 2. The number of halogens is 2. The number of rotatable bonds is 8. The van der Waals surface area contributed by atoms with E-state index in [2.05, 4.69) is 20.0 Å². The van der Waals surface area contributed by atoms with E-state index in [1.54, 1.807) is 19.4 Å². The van der Waals surface area contributed by atoms with Crippen molar-refractivity contribution in [3.8, 4) is 16.9 Å². The molecule has 0 bridgehead atoms. The first-order valence-electron chi connectivity index (χ1n) is 10.5. The third-order valence-electron chi connectivity index (χ3n) is 5.10. The lowest BCUT2D eigenvalue weighted by Gasteiger charge is -2.12. The van der Waals surface area contributed by atoms with Gasteiger partial charge in [-0.2, -0.15) is 0 Å². The van der Waals surface area contributed by atoms with Gasteiger partial charge >= 0.3 is 0 Å². The molecule has 0 aliphatic heterocycles. The summed E-state index contributed by atoms with van der Waals surface area (Å²) in [5.41, 5.74) is 1.54. The summed E-state index contributed by atoms with van der Waals surface area (Å²) in [7, 11) is 0.0287. The maximum absolute atomic E-state index is 14.9. The van der Waals surface area contributed by atoms with E-state index in [-0.39, 0.29) is 17.1 Å². The number of carbonyl (C=O) groups excluding carboxylic acids is 1. The minimum Gasteiger partial charge on any atom is -0.497 e. The van der Waals surface area contributed by atoms with Crippen LogP contribution < -0.4 is 14.8 Å². The Balaban J connectivity index is 1.64. The molecule has 10 heteroatoms. The fraction of sp³-hybridized carbons (Fsp3) is 0.167. The molecule has 3 N–H and O–H groups in total. The van der Waals surface area contributed by atoms with Gasteiger partial charge in [-0.1, -0.05) is 19.1 Å². The van der Waals surface area contributed by atoms with Gasteiger partial charge in [0, 0.05) is 22.9 Å². The first kappa shape index (κ1) is 23.4. The fourth-order valence-electron chi connectivity index (χ4n) is 3.49. The van der Waals surface area contributed by atoms with Gasteiger partial charge in [0.2, 0.25) is 0 Å². The van der Waals surface area contributed by atoms with Crippen LogP contribution in [0.1, 0.15) is 23.7 Å². The summed E-state index contributed by atoms with van der Waals surface area (Å²) < 4.78 is 49.0. The Morgan fingerprint density at radius 2 is 2.03 bits per heavy atom. The molecule has 4 aromatic rings. The van der Waals surface area contributed by atoms with Crippen molar-refractivity contribution in [2.75, 3.05) is 22.9 Å². The van der Waals surface area contributed by atoms with E-state index in [1.165, 1.54) is 6.20 Å². The number of aromatic amines is 1. The molecular formula is C24H22F2N4O3S. The largest absolute Gasteiger partial charge is 0.497 e. The van der Waals surface area contributed by atoms with E-state index in [0.717, 1.165) is 23.3 Å². The lowest BCUT2D eigenvalue weighted by Crippen LogP contribution is -2.18. The predicted molar refractivity (Wildman–Crippen MR) is 129 cm³/mol.